The third kappa shape index (κ3) is 5.77. The van der Waals surface area contributed by atoms with Gasteiger partial charge in [0, 0.05) is 24.5 Å². The van der Waals surface area contributed by atoms with Gasteiger partial charge in [-0.3, -0.25) is 19.3 Å². The van der Waals surface area contributed by atoms with Crippen LogP contribution in [0.2, 0.25) is 0 Å². The topological polar surface area (TPSA) is 105 Å². The van der Waals surface area contributed by atoms with Crippen molar-refractivity contribution in [3.63, 3.8) is 0 Å². The van der Waals surface area contributed by atoms with Crippen LogP contribution in [-0.4, -0.2) is 61.5 Å². The maximum Gasteiger partial charge on any atom is 0.253 e. The van der Waals surface area contributed by atoms with Crippen LogP contribution in [-0.2, 0) is 19.1 Å². The van der Waals surface area contributed by atoms with E-state index in [1.54, 1.807) is 34.1 Å². The molecule has 154 valence electrons. The molecule has 8 heteroatoms. The van der Waals surface area contributed by atoms with E-state index in [9.17, 15) is 14.4 Å². The number of carbonyl (C=O) groups is 3. The first-order valence-electron chi connectivity index (χ1n) is 9.45. The molecule has 2 rings (SSSR count). The number of rotatable bonds is 7. The third-order valence-electron chi connectivity index (χ3n) is 4.40. The number of carbonyl (C=O) groups excluding carboxylic acids is 3. The highest BCUT2D eigenvalue weighted by molar-refractivity contribution is 6.09. The minimum Gasteiger partial charge on any atom is -0.370 e. The smallest absolute Gasteiger partial charge is 0.253 e. The summed E-state index contributed by atoms with van der Waals surface area (Å²) in [6.07, 6.45) is 0. The van der Waals surface area contributed by atoms with E-state index in [1.165, 1.54) is 0 Å². The molecule has 0 saturated carbocycles. The van der Waals surface area contributed by atoms with E-state index in [2.05, 4.69) is 5.32 Å². The Morgan fingerprint density at radius 2 is 1.93 bits per heavy atom. The molecule has 0 unspecified atom stereocenters. The van der Waals surface area contributed by atoms with Gasteiger partial charge in [-0.2, -0.15) is 0 Å². The second-order valence-corrected chi connectivity index (χ2v) is 8.06. The first kappa shape index (κ1) is 21.8. The molecule has 1 saturated heterocycles. The van der Waals surface area contributed by atoms with E-state index < -0.39 is 17.9 Å². The molecule has 1 aliphatic rings. The summed E-state index contributed by atoms with van der Waals surface area (Å²) >= 11 is 0. The number of hydrogen-bond donors (Lipinski definition) is 2. The van der Waals surface area contributed by atoms with Crippen molar-refractivity contribution >= 4 is 29.1 Å². The summed E-state index contributed by atoms with van der Waals surface area (Å²) in [6, 6.07) is 5.86. The Balaban J connectivity index is 2.10. The van der Waals surface area contributed by atoms with Gasteiger partial charge < -0.3 is 20.7 Å². The van der Waals surface area contributed by atoms with Crippen LogP contribution in [0, 0.1) is 5.41 Å². The lowest BCUT2D eigenvalue weighted by atomic mass is 9.95. The minimum absolute atomic E-state index is 0.0689. The molecular weight excluding hydrogens is 360 g/mol. The normalized spacial score (nSPS) is 16.2. The lowest BCUT2D eigenvalue weighted by Crippen LogP contribution is -2.54. The number of benzene rings is 1. The van der Waals surface area contributed by atoms with Crippen LogP contribution >= 0.6 is 0 Å². The number of nitrogens with one attached hydrogen (secondary N) is 1. The zero-order valence-corrected chi connectivity index (χ0v) is 17.0. The predicted molar refractivity (Wildman–Crippen MR) is 108 cm³/mol. The van der Waals surface area contributed by atoms with Crippen molar-refractivity contribution in [3.8, 4) is 0 Å². The third-order valence-corrected chi connectivity index (χ3v) is 4.40. The monoisotopic (exact) mass is 390 g/mol. The molecule has 28 heavy (non-hydrogen) atoms. The number of primary amides is 1. The van der Waals surface area contributed by atoms with Gasteiger partial charge in [0.15, 0.2) is 6.04 Å². The van der Waals surface area contributed by atoms with Crippen molar-refractivity contribution in [2.24, 2.45) is 11.1 Å². The van der Waals surface area contributed by atoms with Gasteiger partial charge in [-0.1, -0.05) is 27.7 Å². The van der Waals surface area contributed by atoms with E-state index in [4.69, 9.17) is 10.5 Å². The van der Waals surface area contributed by atoms with Crippen molar-refractivity contribution in [1.29, 1.82) is 0 Å². The Bertz CT molecular complexity index is 712. The summed E-state index contributed by atoms with van der Waals surface area (Å²) < 4.78 is 5.13. The number of likely N-dealkylation sites (N-methyl/N-ethyl adjacent to an activating group) is 1. The Hall–Kier alpha value is -2.45. The first-order valence-corrected chi connectivity index (χ1v) is 9.45. The van der Waals surface area contributed by atoms with Gasteiger partial charge >= 0.3 is 0 Å². The second-order valence-electron chi connectivity index (χ2n) is 8.06. The van der Waals surface area contributed by atoms with Crippen LogP contribution in [0.5, 0.6) is 0 Å². The van der Waals surface area contributed by atoms with Gasteiger partial charge in [0.2, 0.25) is 5.91 Å². The standard InChI is InChI=1S/C20H30N4O4/c1-5-23(13-20(2,3)4)17(18(21)26)19(27)22-14-6-8-15(9-7-14)24-10-11-28-12-16(24)25/h6-9,17H,5,10-13H2,1-4H3,(H2,21,26)(H,22,27)/t17-/m0/s1. The maximum absolute atomic E-state index is 12.7. The lowest BCUT2D eigenvalue weighted by molar-refractivity contribution is -0.133. The molecular formula is C20H30N4O4. The van der Waals surface area contributed by atoms with Crippen molar-refractivity contribution < 1.29 is 19.1 Å². The number of anilines is 2. The van der Waals surface area contributed by atoms with Gasteiger partial charge in [-0.15, -0.1) is 0 Å². The number of hydrogen-bond acceptors (Lipinski definition) is 5. The Kier molecular flexibility index (Phi) is 7.15. The highest BCUT2D eigenvalue weighted by atomic mass is 16.5. The van der Waals surface area contributed by atoms with E-state index in [0.29, 0.717) is 31.9 Å². The molecule has 1 atom stereocenters. The summed E-state index contributed by atoms with van der Waals surface area (Å²) in [5, 5.41) is 2.76. The molecule has 0 aliphatic carbocycles. The first-order chi connectivity index (χ1) is 13.1. The van der Waals surface area contributed by atoms with Crippen molar-refractivity contribution in [1.82, 2.24) is 4.90 Å². The van der Waals surface area contributed by atoms with Gasteiger partial charge in [0.1, 0.15) is 6.61 Å². The van der Waals surface area contributed by atoms with Crippen LogP contribution < -0.4 is 16.0 Å². The number of morpholine rings is 1. The Morgan fingerprint density at radius 1 is 1.29 bits per heavy atom. The van der Waals surface area contributed by atoms with Crippen molar-refractivity contribution in [2.75, 3.05) is 43.1 Å². The number of nitrogens with two attached hydrogens (primary N) is 1. The van der Waals surface area contributed by atoms with Gasteiger partial charge in [-0.05, 0) is 36.2 Å². The van der Waals surface area contributed by atoms with Crippen molar-refractivity contribution in [2.45, 2.75) is 33.7 Å². The van der Waals surface area contributed by atoms with Gasteiger partial charge in [0.25, 0.3) is 11.8 Å². The van der Waals surface area contributed by atoms with E-state index >= 15 is 0 Å². The summed E-state index contributed by atoms with van der Waals surface area (Å²) in [5.74, 6) is -1.24. The average molecular weight is 390 g/mol. The number of nitrogens with zero attached hydrogens (tertiary/aromatic N) is 2. The van der Waals surface area contributed by atoms with Gasteiger partial charge in [0.05, 0.1) is 6.61 Å². The molecule has 1 heterocycles. The summed E-state index contributed by atoms with van der Waals surface area (Å²) in [7, 11) is 0. The fourth-order valence-electron chi connectivity index (χ4n) is 3.20. The molecule has 0 aromatic heterocycles. The highest BCUT2D eigenvalue weighted by Crippen LogP contribution is 2.21. The quantitative estimate of drug-likeness (QED) is 0.681. The molecule has 8 nitrogen and oxygen atoms in total. The number of amides is 3. The van der Waals surface area contributed by atoms with Gasteiger partial charge in [-0.25, -0.2) is 0 Å². The summed E-state index contributed by atoms with van der Waals surface area (Å²) in [4.78, 5) is 40.1. The zero-order chi connectivity index (χ0) is 20.9. The predicted octanol–water partition coefficient (Wildman–Crippen LogP) is 1.21. The molecule has 0 spiro atoms. The fourth-order valence-corrected chi connectivity index (χ4v) is 3.20. The molecule has 1 fully saturated rings. The Labute approximate surface area is 166 Å². The Morgan fingerprint density at radius 3 is 2.43 bits per heavy atom. The van der Waals surface area contributed by atoms with Crippen LogP contribution in [0.25, 0.3) is 0 Å². The SMILES string of the molecule is CCN(CC(C)(C)C)[C@@H](C(N)=O)C(=O)Nc1ccc(N2CCOCC2=O)cc1. The van der Waals surface area contributed by atoms with E-state index in [0.717, 1.165) is 5.69 Å². The summed E-state index contributed by atoms with van der Waals surface area (Å²) in [6.45, 7) is 10.1. The molecule has 1 aromatic carbocycles. The molecule has 3 N–H and O–H groups in total. The minimum atomic E-state index is -1.05. The van der Waals surface area contributed by atoms with Crippen molar-refractivity contribution in [3.05, 3.63) is 24.3 Å². The van der Waals surface area contributed by atoms with E-state index in [-0.39, 0.29) is 17.9 Å². The maximum atomic E-state index is 12.7. The fraction of sp³-hybridized carbons (Fsp3) is 0.550. The molecule has 0 bridgehead atoms. The van der Waals surface area contributed by atoms with E-state index in [1.807, 2.05) is 27.7 Å². The largest absolute Gasteiger partial charge is 0.370 e. The van der Waals surface area contributed by atoms with Crippen LogP contribution in [0.1, 0.15) is 27.7 Å². The lowest BCUT2D eigenvalue weighted by Gasteiger charge is -2.33. The zero-order valence-electron chi connectivity index (χ0n) is 17.0. The summed E-state index contributed by atoms with van der Waals surface area (Å²) in [5.41, 5.74) is 6.71. The van der Waals surface area contributed by atoms with Crippen LogP contribution in [0.4, 0.5) is 11.4 Å². The van der Waals surface area contributed by atoms with Crippen LogP contribution in [0.15, 0.2) is 24.3 Å². The molecule has 3 amide bonds. The second kappa shape index (κ2) is 9.16. The molecule has 0 radical (unpaired) electrons. The average Bonchev–Trinajstić information content (AvgIpc) is 2.61. The highest BCUT2D eigenvalue weighted by Gasteiger charge is 2.32. The number of ether oxygens (including phenoxy) is 1. The molecule has 1 aromatic rings. The van der Waals surface area contributed by atoms with Crippen LogP contribution in [0.3, 0.4) is 0 Å². The molecule has 1 aliphatic heterocycles.